The number of alkyl halides is 3. The minimum Gasteiger partial charge on any atom is -0.356 e. The van der Waals surface area contributed by atoms with Gasteiger partial charge in [0.15, 0.2) is 0 Å². The lowest BCUT2D eigenvalue weighted by Crippen LogP contribution is -2.45. The zero-order chi connectivity index (χ0) is 18.4. The number of nitrogens with one attached hydrogen (secondary N) is 2. The van der Waals surface area contributed by atoms with E-state index in [2.05, 4.69) is 10.6 Å². The number of rotatable bonds is 4. The molecule has 1 aliphatic rings. The van der Waals surface area contributed by atoms with Crippen LogP contribution in [0.1, 0.15) is 31.7 Å². The molecule has 0 aromatic heterocycles. The summed E-state index contributed by atoms with van der Waals surface area (Å²) in [6, 6.07) is 4.02. The van der Waals surface area contributed by atoms with Crippen LogP contribution < -0.4 is 10.6 Å². The number of nitrogens with zero attached hydrogens (tertiary/aromatic N) is 1. The van der Waals surface area contributed by atoms with Crippen LogP contribution >= 0.6 is 0 Å². The lowest BCUT2D eigenvalue weighted by atomic mass is 9.98. The van der Waals surface area contributed by atoms with E-state index in [1.807, 2.05) is 0 Å². The van der Waals surface area contributed by atoms with Gasteiger partial charge in [-0.15, -0.1) is 0 Å². The van der Waals surface area contributed by atoms with Crippen molar-refractivity contribution in [1.82, 2.24) is 10.2 Å². The van der Waals surface area contributed by atoms with Gasteiger partial charge in [0.1, 0.15) is 0 Å². The van der Waals surface area contributed by atoms with E-state index in [0.29, 0.717) is 31.7 Å². The topological polar surface area (TPSA) is 61.4 Å². The number of benzene rings is 1. The molecule has 0 bridgehead atoms. The predicted molar refractivity (Wildman–Crippen MR) is 88.1 cm³/mol. The number of likely N-dealkylation sites (tertiary alicyclic amines) is 1. The van der Waals surface area contributed by atoms with Crippen LogP contribution in [0.4, 0.5) is 23.7 Å². The number of hydrogen-bond donors (Lipinski definition) is 2. The van der Waals surface area contributed by atoms with Gasteiger partial charge in [0.25, 0.3) is 0 Å². The molecule has 8 heteroatoms. The number of urea groups is 1. The number of piperidine rings is 1. The number of carbonyl (C=O) groups is 2. The van der Waals surface area contributed by atoms with Gasteiger partial charge in [-0.25, -0.2) is 4.79 Å². The third-order valence-electron chi connectivity index (χ3n) is 4.18. The Labute approximate surface area is 144 Å². The second-order valence-electron chi connectivity index (χ2n) is 6.12. The standard InChI is InChI=1S/C17H22F3N3O2/c1-2-15(24)21-10-12-4-3-9-23(11-12)16(25)22-14-7-5-13(6-8-14)17(18,19)20/h5-8,12H,2-4,9-11H2,1H3,(H,21,24)(H,22,25)/t12-/m1/s1. The smallest absolute Gasteiger partial charge is 0.356 e. The molecular formula is C17H22F3N3O2. The van der Waals surface area contributed by atoms with E-state index < -0.39 is 11.7 Å². The van der Waals surface area contributed by atoms with Crippen molar-refractivity contribution in [2.24, 2.45) is 5.92 Å². The van der Waals surface area contributed by atoms with Crippen molar-refractivity contribution in [2.45, 2.75) is 32.4 Å². The van der Waals surface area contributed by atoms with Gasteiger partial charge in [0.05, 0.1) is 5.56 Å². The normalized spacial score (nSPS) is 17.9. The highest BCUT2D eigenvalue weighted by molar-refractivity contribution is 5.89. The predicted octanol–water partition coefficient (Wildman–Crippen LogP) is 3.48. The van der Waals surface area contributed by atoms with Crippen molar-refractivity contribution in [2.75, 3.05) is 25.0 Å². The van der Waals surface area contributed by atoms with Gasteiger partial charge >= 0.3 is 12.2 Å². The Hall–Kier alpha value is -2.25. The Bertz CT molecular complexity index is 602. The molecule has 0 radical (unpaired) electrons. The Morgan fingerprint density at radius 1 is 1.24 bits per heavy atom. The third-order valence-corrected chi connectivity index (χ3v) is 4.18. The maximum Gasteiger partial charge on any atom is 0.416 e. The van der Waals surface area contributed by atoms with Crippen LogP contribution in [0.15, 0.2) is 24.3 Å². The number of anilines is 1. The maximum absolute atomic E-state index is 12.5. The fraction of sp³-hybridized carbons (Fsp3) is 0.529. The van der Waals surface area contributed by atoms with Crippen molar-refractivity contribution in [3.05, 3.63) is 29.8 Å². The highest BCUT2D eigenvalue weighted by Gasteiger charge is 2.30. The summed E-state index contributed by atoms with van der Waals surface area (Å²) in [6.45, 7) is 3.40. The Morgan fingerprint density at radius 2 is 1.92 bits per heavy atom. The van der Waals surface area contributed by atoms with Crippen molar-refractivity contribution in [1.29, 1.82) is 0 Å². The van der Waals surface area contributed by atoms with Crippen LogP contribution in [0.5, 0.6) is 0 Å². The average Bonchev–Trinajstić information content (AvgIpc) is 2.59. The van der Waals surface area contributed by atoms with Crippen LogP contribution in [-0.4, -0.2) is 36.5 Å². The van der Waals surface area contributed by atoms with Crippen molar-refractivity contribution < 1.29 is 22.8 Å². The summed E-state index contributed by atoms with van der Waals surface area (Å²) in [7, 11) is 0. The van der Waals surface area contributed by atoms with E-state index in [1.54, 1.807) is 11.8 Å². The van der Waals surface area contributed by atoms with Crippen LogP contribution in [0, 0.1) is 5.92 Å². The summed E-state index contributed by atoms with van der Waals surface area (Å²) in [5, 5.41) is 5.45. The van der Waals surface area contributed by atoms with Crippen LogP contribution in [-0.2, 0) is 11.0 Å². The van der Waals surface area contributed by atoms with Gasteiger partial charge < -0.3 is 15.5 Å². The SMILES string of the molecule is CCC(=O)NC[C@H]1CCCN(C(=O)Nc2ccc(C(F)(F)F)cc2)C1. The molecule has 1 saturated heterocycles. The number of amides is 3. The molecule has 1 atom stereocenters. The molecule has 0 aliphatic carbocycles. The summed E-state index contributed by atoms with van der Waals surface area (Å²) < 4.78 is 37.6. The number of hydrogen-bond acceptors (Lipinski definition) is 2. The van der Waals surface area contributed by atoms with Crippen LogP contribution in [0.2, 0.25) is 0 Å². The molecule has 5 nitrogen and oxygen atoms in total. The van der Waals surface area contributed by atoms with Gasteiger partial charge in [-0.2, -0.15) is 13.2 Å². The fourth-order valence-corrected chi connectivity index (χ4v) is 2.74. The Balaban J connectivity index is 1.88. The van der Waals surface area contributed by atoms with E-state index in [4.69, 9.17) is 0 Å². The van der Waals surface area contributed by atoms with E-state index >= 15 is 0 Å². The van der Waals surface area contributed by atoms with Crippen molar-refractivity contribution in [3.8, 4) is 0 Å². The van der Waals surface area contributed by atoms with Crippen LogP contribution in [0.25, 0.3) is 0 Å². The first-order chi connectivity index (χ1) is 11.8. The molecule has 2 rings (SSSR count). The molecule has 0 saturated carbocycles. The molecule has 1 aromatic rings. The van der Waals surface area contributed by atoms with Crippen molar-refractivity contribution >= 4 is 17.6 Å². The minimum atomic E-state index is -4.40. The molecule has 138 valence electrons. The second kappa shape index (κ2) is 8.22. The first kappa shape index (κ1) is 19.1. The molecule has 2 N–H and O–H groups in total. The second-order valence-corrected chi connectivity index (χ2v) is 6.12. The lowest BCUT2D eigenvalue weighted by molar-refractivity contribution is -0.137. The molecule has 0 unspecified atom stereocenters. The maximum atomic E-state index is 12.5. The molecule has 1 fully saturated rings. The van der Waals surface area contributed by atoms with Gasteiger partial charge in [0.2, 0.25) is 5.91 Å². The number of halogens is 3. The zero-order valence-electron chi connectivity index (χ0n) is 14.0. The highest BCUT2D eigenvalue weighted by Crippen LogP contribution is 2.30. The lowest BCUT2D eigenvalue weighted by Gasteiger charge is -2.32. The molecule has 25 heavy (non-hydrogen) atoms. The minimum absolute atomic E-state index is 0.0219. The first-order valence-corrected chi connectivity index (χ1v) is 8.29. The molecule has 1 aliphatic heterocycles. The number of carbonyl (C=O) groups excluding carboxylic acids is 2. The van der Waals surface area contributed by atoms with Gasteiger partial charge in [0, 0.05) is 31.7 Å². The summed E-state index contributed by atoms with van der Waals surface area (Å²) in [5.74, 6) is 0.161. The summed E-state index contributed by atoms with van der Waals surface area (Å²) >= 11 is 0. The van der Waals surface area contributed by atoms with E-state index in [1.165, 1.54) is 12.1 Å². The molecular weight excluding hydrogens is 335 g/mol. The average molecular weight is 357 g/mol. The molecule has 0 spiro atoms. The first-order valence-electron chi connectivity index (χ1n) is 8.29. The summed E-state index contributed by atoms with van der Waals surface area (Å²) in [4.78, 5) is 25.2. The molecule has 1 heterocycles. The Kier molecular flexibility index (Phi) is 6.27. The van der Waals surface area contributed by atoms with Gasteiger partial charge in [-0.05, 0) is 43.0 Å². The van der Waals surface area contributed by atoms with E-state index in [9.17, 15) is 22.8 Å². The van der Waals surface area contributed by atoms with Crippen LogP contribution in [0.3, 0.4) is 0 Å². The zero-order valence-corrected chi connectivity index (χ0v) is 14.0. The van der Waals surface area contributed by atoms with Gasteiger partial charge in [-0.3, -0.25) is 4.79 Å². The summed E-state index contributed by atoms with van der Waals surface area (Å²) in [6.07, 6.45) is -2.22. The molecule has 1 aromatic carbocycles. The van der Waals surface area contributed by atoms with Crippen molar-refractivity contribution in [3.63, 3.8) is 0 Å². The largest absolute Gasteiger partial charge is 0.416 e. The molecule has 3 amide bonds. The van der Waals surface area contributed by atoms with Gasteiger partial charge in [-0.1, -0.05) is 6.92 Å². The van der Waals surface area contributed by atoms with E-state index in [-0.39, 0.29) is 17.9 Å². The Morgan fingerprint density at radius 3 is 2.52 bits per heavy atom. The summed E-state index contributed by atoms with van der Waals surface area (Å²) in [5.41, 5.74) is -0.436. The monoisotopic (exact) mass is 357 g/mol. The van der Waals surface area contributed by atoms with E-state index in [0.717, 1.165) is 25.0 Å². The quantitative estimate of drug-likeness (QED) is 0.867. The third kappa shape index (κ3) is 5.65. The highest BCUT2D eigenvalue weighted by atomic mass is 19.4. The fourth-order valence-electron chi connectivity index (χ4n) is 2.74.